The second-order valence-electron chi connectivity index (χ2n) is 13.1. The molecule has 4 heteroatoms. The van der Waals surface area contributed by atoms with Gasteiger partial charge in [0.2, 0.25) is 0 Å². The number of aliphatic hydroxyl groups excluding tert-OH is 1. The van der Waals surface area contributed by atoms with E-state index in [0.717, 1.165) is 37.0 Å². The van der Waals surface area contributed by atoms with Gasteiger partial charge in [0.1, 0.15) is 5.76 Å². The third kappa shape index (κ3) is 3.16. The predicted molar refractivity (Wildman–Crippen MR) is 133 cm³/mol. The van der Waals surface area contributed by atoms with Crippen LogP contribution >= 0.6 is 0 Å². The van der Waals surface area contributed by atoms with Crippen LogP contribution in [0, 0.1) is 52.3 Å². The van der Waals surface area contributed by atoms with Crippen LogP contribution in [-0.2, 0) is 11.2 Å². The third-order valence-electron chi connectivity index (χ3n) is 12.0. The summed E-state index contributed by atoms with van der Waals surface area (Å²) in [5, 5.41) is 19.5. The quantitative estimate of drug-likeness (QED) is 0.412. The van der Waals surface area contributed by atoms with Gasteiger partial charge in [0, 0.05) is 12.8 Å². The van der Waals surface area contributed by atoms with Crippen molar-refractivity contribution in [2.24, 2.45) is 45.3 Å². The molecule has 0 radical (unpaired) electrons. The van der Waals surface area contributed by atoms with E-state index in [2.05, 4.69) is 40.3 Å². The van der Waals surface area contributed by atoms with E-state index in [9.17, 15) is 15.0 Å². The van der Waals surface area contributed by atoms with E-state index in [4.69, 9.17) is 4.42 Å². The lowest BCUT2D eigenvalue weighted by molar-refractivity contribution is -0.139. The maximum absolute atomic E-state index is 11.6. The molecular formula is C30H44O4. The topological polar surface area (TPSA) is 70.7 Å². The molecule has 4 nitrogen and oxygen atoms in total. The Kier molecular flexibility index (Phi) is 5.67. The Balaban J connectivity index is 1.43. The summed E-state index contributed by atoms with van der Waals surface area (Å²) in [6.07, 6.45) is 12.3. The van der Waals surface area contributed by atoms with Gasteiger partial charge < -0.3 is 14.6 Å². The highest BCUT2D eigenvalue weighted by Crippen LogP contribution is 2.87. The van der Waals surface area contributed by atoms with E-state index in [0.29, 0.717) is 28.6 Å². The van der Waals surface area contributed by atoms with E-state index in [1.807, 2.05) is 6.26 Å². The van der Waals surface area contributed by atoms with Gasteiger partial charge in [-0.05, 0) is 121 Å². The summed E-state index contributed by atoms with van der Waals surface area (Å²) in [5.74, 6) is 2.64. The van der Waals surface area contributed by atoms with Gasteiger partial charge in [0.15, 0.2) is 0 Å². The first kappa shape index (κ1) is 24.2. The van der Waals surface area contributed by atoms with E-state index < -0.39 is 5.97 Å². The molecule has 8 unspecified atom stereocenters. The molecule has 2 N–H and O–H groups in total. The van der Waals surface area contributed by atoms with Gasteiger partial charge in [-0.25, -0.2) is 0 Å². The summed E-state index contributed by atoms with van der Waals surface area (Å²) in [5.41, 5.74) is 3.02. The summed E-state index contributed by atoms with van der Waals surface area (Å²) in [4.78, 5) is 11.6. The molecule has 0 aliphatic heterocycles. The normalized spacial score (nSPS) is 43.5. The molecule has 0 amide bonds. The minimum absolute atomic E-state index is 0.0288. The van der Waals surface area contributed by atoms with E-state index >= 15 is 0 Å². The highest BCUT2D eigenvalue weighted by Gasteiger charge is 2.80. The molecule has 1 spiro atoms. The molecule has 1 aromatic heterocycles. The fourth-order valence-electron chi connectivity index (χ4n) is 10.3. The van der Waals surface area contributed by atoms with Crippen molar-refractivity contribution < 1.29 is 19.4 Å². The van der Waals surface area contributed by atoms with Gasteiger partial charge in [-0.1, -0.05) is 27.4 Å². The van der Waals surface area contributed by atoms with E-state index in [-0.39, 0.29) is 29.8 Å². The second kappa shape index (κ2) is 7.98. The first-order valence-corrected chi connectivity index (χ1v) is 13.6. The minimum Gasteiger partial charge on any atom is -0.481 e. The first-order valence-electron chi connectivity index (χ1n) is 13.6. The van der Waals surface area contributed by atoms with Crippen molar-refractivity contribution in [3.63, 3.8) is 0 Å². The number of carboxylic acids is 1. The largest absolute Gasteiger partial charge is 0.481 e. The number of carboxylic acid groups (broad SMARTS) is 1. The lowest BCUT2D eigenvalue weighted by Gasteiger charge is -2.61. The molecule has 1 heterocycles. The Morgan fingerprint density at radius 3 is 2.62 bits per heavy atom. The smallest absolute Gasteiger partial charge is 0.303 e. The molecule has 0 bridgehead atoms. The Morgan fingerprint density at radius 2 is 1.97 bits per heavy atom. The number of aryl methyl sites for hydroxylation is 1. The Hall–Kier alpha value is -1.55. The van der Waals surface area contributed by atoms with Crippen LogP contribution in [0.5, 0.6) is 0 Å². The highest BCUT2D eigenvalue weighted by molar-refractivity contribution is 5.67. The zero-order valence-corrected chi connectivity index (χ0v) is 21.7. The number of aliphatic carboxylic acids is 1. The monoisotopic (exact) mass is 468 g/mol. The number of fused-ring (bicyclic) bond motifs is 2. The number of hydrogen-bond acceptors (Lipinski definition) is 3. The van der Waals surface area contributed by atoms with Crippen LogP contribution in [0.3, 0.4) is 0 Å². The fourth-order valence-corrected chi connectivity index (χ4v) is 10.3. The molecule has 34 heavy (non-hydrogen) atoms. The maximum atomic E-state index is 11.6. The number of rotatable bonds is 8. The average Bonchev–Trinajstić information content (AvgIpc) is 3.16. The highest BCUT2D eigenvalue weighted by atomic mass is 16.4. The summed E-state index contributed by atoms with van der Waals surface area (Å²) >= 11 is 0. The van der Waals surface area contributed by atoms with Crippen molar-refractivity contribution in [3.8, 4) is 0 Å². The molecule has 8 atom stereocenters. The minimum atomic E-state index is -0.693. The van der Waals surface area contributed by atoms with Gasteiger partial charge in [0.25, 0.3) is 0 Å². The van der Waals surface area contributed by atoms with Crippen LogP contribution in [0.25, 0.3) is 0 Å². The van der Waals surface area contributed by atoms with Crippen LogP contribution in [-0.4, -0.2) is 22.8 Å². The van der Waals surface area contributed by atoms with Gasteiger partial charge >= 0.3 is 5.97 Å². The molecule has 0 aromatic carbocycles. The zero-order chi connectivity index (χ0) is 24.5. The zero-order valence-electron chi connectivity index (χ0n) is 21.7. The van der Waals surface area contributed by atoms with Gasteiger partial charge in [-0.2, -0.15) is 0 Å². The Labute approximate surface area is 205 Å². The molecule has 4 aliphatic rings. The molecule has 188 valence electrons. The van der Waals surface area contributed by atoms with Crippen LogP contribution in [0.1, 0.15) is 89.9 Å². The van der Waals surface area contributed by atoms with Gasteiger partial charge in [-0.3, -0.25) is 4.79 Å². The standard InChI is InChI=1S/C30H44O4/c1-19-14-22(34-17-19)15-20(2)23-8-10-28(5)25-7-6-24(21(3)16-31)29(11-9-26(32)33)18-30(25,29)13-12-27(23,28)4/h14,17,20,23-25,31H,3,6-13,15-16,18H2,1-2,4-5H3,(H,32,33). The van der Waals surface area contributed by atoms with E-state index in [1.165, 1.54) is 37.7 Å². The van der Waals surface area contributed by atoms with Crippen molar-refractivity contribution in [3.05, 3.63) is 35.8 Å². The summed E-state index contributed by atoms with van der Waals surface area (Å²) in [7, 11) is 0. The summed E-state index contributed by atoms with van der Waals surface area (Å²) in [6, 6.07) is 2.19. The summed E-state index contributed by atoms with van der Waals surface area (Å²) < 4.78 is 5.82. The van der Waals surface area contributed by atoms with Crippen LogP contribution < -0.4 is 0 Å². The van der Waals surface area contributed by atoms with Crippen LogP contribution in [0.15, 0.2) is 28.9 Å². The fraction of sp³-hybridized carbons (Fsp3) is 0.767. The Morgan fingerprint density at radius 1 is 1.21 bits per heavy atom. The lowest BCUT2D eigenvalue weighted by Crippen LogP contribution is -2.54. The molecule has 0 saturated heterocycles. The Bertz CT molecular complexity index is 978. The molecule has 1 aromatic rings. The number of carbonyl (C=O) groups is 1. The maximum Gasteiger partial charge on any atom is 0.303 e. The molecule has 4 fully saturated rings. The second-order valence-corrected chi connectivity index (χ2v) is 13.1. The molecular weight excluding hydrogens is 424 g/mol. The van der Waals surface area contributed by atoms with Crippen LogP contribution in [0.4, 0.5) is 0 Å². The van der Waals surface area contributed by atoms with Crippen LogP contribution in [0.2, 0.25) is 0 Å². The van der Waals surface area contributed by atoms with E-state index in [1.54, 1.807) is 0 Å². The molecule has 5 rings (SSSR count). The lowest BCUT2D eigenvalue weighted by atomic mass is 9.43. The number of hydrogen-bond donors (Lipinski definition) is 2. The molecule has 4 aliphatic carbocycles. The van der Waals surface area contributed by atoms with Crippen molar-refractivity contribution in [1.82, 2.24) is 0 Å². The number of aliphatic hydroxyl groups is 1. The van der Waals surface area contributed by atoms with Gasteiger partial charge in [-0.15, -0.1) is 0 Å². The van der Waals surface area contributed by atoms with Crippen molar-refractivity contribution in [1.29, 1.82) is 0 Å². The SMILES string of the molecule is C=C(CO)C1CCC2C3(C)CCC(C(C)Cc4cc(C)co4)C3(C)CCC23CC13CCC(=O)O. The van der Waals surface area contributed by atoms with Crippen molar-refractivity contribution in [2.45, 2.75) is 91.9 Å². The summed E-state index contributed by atoms with van der Waals surface area (Å²) in [6.45, 7) is 14.0. The first-order chi connectivity index (χ1) is 16.0. The third-order valence-corrected chi connectivity index (χ3v) is 12.0. The predicted octanol–water partition coefficient (Wildman–Crippen LogP) is 6.80. The number of furan rings is 1. The molecule has 4 saturated carbocycles. The van der Waals surface area contributed by atoms with Crippen molar-refractivity contribution in [2.75, 3.05) is 6.61 Å². The van der Waals surface area contributed by atoms with Gasteiger partial charge in [0.05, 0.1) is 12.9 Å². The van der Waals surface area contributed by atoms with Crippen molar-refractivity contribution >= 4 is 5.97 Å². The average molecular weight is 469 g/mol.